The smallest absolute Gasteiger partial charge is 0.462 e. The average molecular weight is 769 g/mol. The van der Waals surface area contributed by atoms with Gasteiger partial charge in [-0.2, -0.15) is 0 Å². The van der Waals surface area contributed by atoms with Crippen LogP contribution in [0.25, 0.3) is 0 Å². The van der Waals surface area contributed by atoms with Crippen molar-refractivity contribution in [1.29, 1.82) is 0 Å². The Hall–Kier alpha value is -1.77. The minimum Gasteiger partial charge on any atom is -0.462 e. The number of rotatable bonds is 38. The molecule has 3 atom stereocenters. The normalized spacial score (nSPS) is 16.6. The summed E-state index contributed by atoms with van der Waals surface area (Å²) in [4.78, 5) is 42.8. The molecule has 2 N–H and O–H groups in total. The number of unbranched alkanes of at least 4 members (excludes halogenated alkanes) is 19. The highest BCUT2D eigenvalue weighted by molar-refractivity contribution is 7.46. The molecular formula is C43H77O9P. The molecule has 0 radical (unpaired) electrons. The topological polar surface area (TPSA) is 132 Å². The highest BCUT2D eigenvalue weighted by Gasteiger charge is 2.36. The van der Waals surface area contributed by atoms with Crippen molar-refractivity contribution < 1.29 is 42.7 Å². The first-order valence-electron chi connectivity index (χ1n) is 21.4. The molecular weight excluding hydrogens is 691 g/mol. The zero-order valence-electron chi connectivity index (χ0n) is 33.6. The highest BCUT2D eigenvalue weighted by Crippen LogP contribution is 2.36. The molecule has 0 saturated carbocycles. The van der Waals surface area contributed by atoms with Crippen molar-refractivity contribution in [3.05, 3.63) is 36.5 Å². The minimum atomic E-state index is -4.77. The number of hydrogen-bond acceptors (Lipinski definition) is 7. The van der Waals surface area contributed by atoms with Gasteiger partial charge < -0.3 is 24.0 Å². The Labute approximate surface area is 323 Å². The van der Waals surface area contributed by atoms with Gasteiger partial charge in [-0.05, 0) is 44.9 Å². The van der Waals surface area contributed by atoms with E-state index in [4.69, 9.17) is 24.0 Å². The number of carbonyl (C=O) groups is 2. The van der Waals surface area contributed by atoms with Crippen LogP contribution in [-0.2, 0) is 32.9 Å². The molecule has 1 saturated heterocycles. The number of esters is 2. The summed E-state index contributed by atoms with van der Waals surface area (Å²) >= 11 is 0. The van der Waals surface area contributed by atoms with Gasteiger partial charge in [0.05, 0.1) is 18.8 Å². The predicted molar refractivity (Wildman–Crippen MR) is 216 cm³/mol. The van der Waals surface area contributed by atoms with E-state index in [2.05, 4.69) is 48.8 Å². The second-order valence-corrected chi connectivity index (χ2v) is 15.9. The van der Waals surface area contributed by atoms with Crippen LogP contribution in [0.3, 0.4) is 0 Å². The van der Waals surface area contributed by atoms with Crippen LogP contribution in [-0.4, -0.2) is 53.3 Å². The van der Waals surface area contributed by atoms with E-state index in [1.165, 1.54) is 116 Å². The van der Waals surface area contributed by atoms with Crippen molar-refractivity contribution >= 4 is 19.8 Å². The van der Waals surface area contributed by atoms with Gasteiger partial charge in [0.2, 0.25) is 0 Å². The monoisotopic (exact) mass is 769 g/mol. The molecule has 1 aliphatic rings. The van der Waals surface area contributed by atoms with E-state index in [0.29, 0.717) is 25.0 Å². The molecule has 0 aliphatic carbocycles. The van der Waals surface area contributed by atoms with Crippen LogP contribution in [0, 0.1) is 0 Å². The van der Waals surface area contributed by atoms with Gasteiger partial charge in [0, 0.05) is 12.8 Å². The third-order valence-electron chi connectivity index (χ3n) is 9.59. The Balaban J connectivity index is 2.08. The summed E-state index contributed by atoms with van der Waals surface area (Å²) in [6.07, 6.45) is 43.3. The van der Waals surface area contributed by atoms with Crippen molar-refractivity contribution in [2.75, 3.05) is 13.2 Å². The maximum absolute atomic E-state index is 12.4. The molecule has 308 valence electrons. The lowest BCUT2D eigenvalue weighted by Gasteiger charge is -2.18. The fourth-order valence-electron chi connectivity index (χ4n) is 6.28. The number of allylic oxidation sites excluding steroid dienone is 5. The van der Waals surface area contributed by atoms with Crippen molar-refractivity contribution in [2.45, 2.75) is 212 Å². The van der Waals surface area contributed by atoms with Crippen LogP contribution >= 0.6 is 7.82 Å². The zero-order valence-corrected chi connectivity index (χ0v) is 34.5. The number of ether oxygens (including phenoxy) is 3. The first-order valence-corrected chi connectivity index (χ1v) is 22.9. The molecule has 0 bridgehead atoms. The van der Waals surface area contributed by atoms with Gasteiger partial charge in [0.1, 0.15) is 6.61 Å². The van der Waals surface area contributed by atoms with Gasteiger partial charge >= 0.3 is 19.8 Å². The molecule has 1 rings (SSSR count). The summed E-state index contributed by atoms with van der Waals surface area (Å²) in [5.74, 6) is -0.949. The molecule has 1 fully saturated rings. The number of phosphoric ester groups is 1. The largest absolute Gasteiger partial charge is 0.469 e. The third kappa shape index (κ3) is 34.5. The van der Waals surface area contributed by atoms with E-state index in [9.17, 15) is 14.2 Å². The number of phosphoric acid groups is 1. The Bertz CT molecular complexity index is 1020. The van der Waals surface area contributed by atoms with E-state index in [-0.39, 0.29) is 19.4 Å². The average Bonchev–Trinajstić information content (AvgIpc) is 3.88. The van der Waals surface area contributed by atoms with Gasteiger partial charge in [-0.15, -0.1) is 0 Å². The van der Waals surface area contributed by atoms with Crippen LogP contribution in [0.15, 0.2) is 36.5 Å². The molecule has 1 aliphatic heterocycles. The first-order chi connectivity index (χ1) is 25.7. The van der Waals surface area contributed by atoms with Crippen molar-refractivity contribution in [1.82, 2.24) is 0 Å². The molecule has 1 heterocycles. The fraction of sp³-hybridized carbons (Fsp3) is 0.814. The summed E-state index contributed by atoms with van der Waals surface area (Å²) in [5, 5.41) is 0. The molecule has 53 heavy (non-hydrogen) atoms. The molecule has 0 spiro atoms. The molecule has 0 aromatic heterocycles. The highest BCUT2D eigenvalue weighted by atomic mass is 31.2. The minimum absolute atomic E-state index is 0.134. The summed E-state index contributed by atoms with van der Waals surface area (Å²) in [5.41, 5.74) is 0. The maximum atomic E-state index is 12.4. The van der Waals surface area contributed by atoms with Crippen LogP contribution < -0.4 is 0 Å². The standard InChI is InChI=1S/C43H77O9P/c1-3-5-7-8-9-10-11-12-13-14-15-16-17-21-24-27-31-35-42(44)49-37-39(38-50-53(46,47)48)51-43(45)36-32-28-25-22-19-18-20-23-26-30-34-41-40(52-41)33-29-6-4-2/h18,20,22,25-26,30,39-41H,3-17,19,21,23-24,27-29,31-38H2,1-2H3,(H2,46,47,48)/b20-18-,25-22-,30-26-/t39-,40?,41?/m1/s1. The Morgan fingerprint density at radius 2 is 1.09 bits per heavy atom. The van der Waals surface area contributed by atoms with Crippen LogP contribution in [0.2, 0.25) is 0 Å². The van der Waals surface area contributed by atoms with E-state index in [1.807, 2.05) is 6.08 Å². The second kappa shape index (κ2) is 34.7. The quantitative estimate of drug-likeness (QED) is 0.0207. The SMILES string of the molecule is CCCCCCCCCCCCCCCCCCCC(=O)OC[C@H](COP(=O)(O)O)OC(=O)CCC/C=C\C/C=C\C/C=C\CC1OC1CCCCC. The van der Waals surface area contributed by atoms with Gasteiger partial charge in [-0.25, -0.2) is 4.57 Å². The molecule has 0 amide bonds. The number of hydrogen-bond donors (Lipinski definition) is 2. The Kier molecular flexibility index (Phi) is 32.2. The van der Waals surface area contributed by atoms with E-state index < -0.39 is 32.5 Å². The molecule has 0 aromatic carbocycles. The summed E-state index contributed by atoms with van der Waals surface area (Å²) in [6.45, 7) is 3.62. The fourth-order valence-corrected chi connectivity index (χ4v) is 6.64. The summed E-state index contributed by atoms with van der Waals surface area (Å²) in [6, 6.07) is 0. The van der Waals surface area contributed by atoms with Crippen molar-refractivity contribution in [2.24, 2.45) is 0 Å². The molecule has 0 aromatic rings. The lowest BCUT2D eigenvalue weighted by atomic mass is 10.0. The summed E-state index contributed by atoms with van der Waals surface area (Å²) in [7, 11) is -4.77. The van der Waals surface area contributed by atoms with Gasteiger partial charge in [-0.3, -0.25) is 14.1 Å². The van der Waals surface area contributed by atoms with Crippen LogP contribution in [0.5, 0.6) is 0 Å². The van der Waals surface area contributed by atoms with Gasteiger partial charge in [0.25, 0.3) is 0 Å². The second-order valence-electron chi connectivity index (χ2n) is 14.7. The zero-order chi connectivity index (χ0) is 38.7. The first kappa shape index (κ1) is 49.2. The molecule has 9 nitrogen and oxygen atoms in total. The van der Waals surface area contributed by atoms with Gasteiger partial charge in [-0.1, -0.05) is 172 Å². The Morgan fingerprint density at radius 1 is 0.604 bits per heavy atom. The predicted octanol–water partition coefficient (Wildman–Crippen LogP) is 11.9. The number of carbonyl (C=O) groups excluding carboxylic acids is 2. The van der Waals surface area contributed by atoms with Crippen molar-refractivity contribution in [3.8, 4) is 0 Å². The van der Waals surface area contributed by atoms with E-state index in [0.717, 1.165) is 38.5 Å². The molecule has 2 unspecified atom stereocenters. The number of epoxide rings is 1. The summed E-state index contributed by atoms with van der Waals surface area (Å²) < 4.78 is 32.1. The van der Waals surface area contributed by atoms with Gasteiger partial charge in [0.15, 0.2) is 6.10 Å². The molecule has 10 heteroatoms. The van der Waals surface area contributed by atoms with Crippen molar-refractivity contribution in [3.63, 3.8) is 0 Å². The Morgan fingerprint density at radius 3 is 1.66 bits per heavy atom. The van der Waals surface area contributed by atoms with Crippen LogP contribution in [0.1, 0.15) is 194 Å². The maximum Gasteiger partial charge on any atom is 0.469 e. The third-order valence-corrected chi connectivity index (χ3v) is 10.1. The van der Waals surface area contributed by atoms with Crippen LogP contribution in [0.4, 0.5) is 0 Å². The van der Waals surface area contributed by atoms with E-state index in [1.54, 1.807) is 0 Å². The lowest BCUT2D eigenvalue weighted by molar-refractivity contribution is -0.161. The van der Waals surface area contributed by atoms with E-state index >= 15 is 0 Å². The lowest BCUT2D eigenvalue weighted by Crippen LogP contribution is -2.29.